The molecule has 0 saturated carbocycles. The van der Waals surface area contributed by atoms with Crippen LogP contribution in [0.1, 0.15) is 30.7 Å². The first kappa shape index (κ1) is 15.0. The van der Waals surface area contributed by atoms with Crippen molar-refractivity contribution in [3.63, 3.8) is 0 Å². The van der Waals surface area contributed by atoms with Crippen LogP contribution in [-0.4, -0.2) is 11.7 Å². The van der Waals surface area contributed by atoms with Crippen molar-refractivity contribution < 1.29 is 4.74 Å². The summed E-state index contributed by atoms with van der Waals surface area (Å²) in [6, 6.07) is 10.3. The predicted octanol–water partition coefficient (Wildman–Crippen LogP) is 4.71. The lowest BCUT2D eigenvalue weighted by molar-refractivity contribution is 0.414. The maximum atomic E-state index is 6.35. The number of methoxy groups -OCH3 is 1. The van der Waals surface area contributed by atoms with E-state index >= 15 is 0 Å². The summed E-state index contributed by atoms with van der Waals surface area (Å²) in [5.74, 6) is 1.47. The maximum absolute atomic E-state index is 6.35. The van der Waals surface area contributed by atoms with Gasteiger partial charge < -0.3 is 9.30 Å². The van der Waals surface area contributed by atoms with Gasteiger partial charge in [0.25, 0.3) is 0 Å². The van der Waals surface area contributed by atoms with Gasteiger partial charge in [-0.05, 0) is 42.2 Å². The fraction of sp³-hybridized carbons (Fsp3) is 0.412. The van der Waals surface area contributed by atoms with E-state index in [9.17, 15) is 0 Å². The topological polar surface area (TPSA) is 14.2 Å². The molecule has 0 fully saturated rings. The van der Waals surface area contributed by atoms with Gasteiger partial charge in [0.2, 0.25) is 0 Å². The first-order valence-electron chi connectivity index (χ1n) is 6.98. The molecule has 0 aliphatic heterocycles. The molecule has 0 amide bonds. The molecule has 0 unspecified atom stereocenters. The molecule has 108 valence electrons. The summed E-state index contributed by atoms with van der Waals surface area (Å²) in [6.07, 6.45) is 0.898. The summed E-state index contributed by atoms with van der Waals surface area (Å²) in [7, 11) is 1.69. The lowest BCUT2D eigenvalue weighted by Crippen LogP contribution is -2.09. The Morgan fingerprint density at radius 3 is 2.40 bits per heavy atom. The molecule has 2 aromatic rings. The largest absolute Gasteiger partial charge is 0.497 e. The van der Waals surface area contributed by atoms with Crippen molar-refractivity contribution in [2.24, 2.45) is 5.92 Å². The molecule has 3 heteroatoms. The van der Waals surface area contributed by atoms with Crippen LogP contribution in [0.4, 0.5) is 0 Å². The number of ether oxygens (including phenoxy) is 1. The summed E-state index contributed by atoms with van der Waals surface area (Å²) >= 11 is 6.35. The van der Waals surface area contributed by atoms with Gasteiger partial charge in [0.15, 0.2) is 0 Å². The normalized spacial score (nSPS) is 11.1. The van der Waals surface area contributed by atoms with Crippen LogP contribution >= 0.6 is 11.6 Å². The third-order valence-corrected chi connectivity index (χ3v) is 3.77. The van der Waals surface area contributed by atoms with E-state index in [2.05, 4.69) is 43.5 Å². The molecule has 2 nitrogen and oxygen atoms in total. The Hall–Kier alpha value is -1.41. The second kappa shape index (κ2) is 6.36. The number of aryl methyl sites for hydroxylation is 1. The number of halogens is 1. The van der Waals surface area contributed by atoms with Crippen molar-refractivity contribution in [1.82, 2.24) is 4.57 Å². The smallest absolute Gasteiger partial charge is 0.118 e. The Kier molecular flexibility index (Phi) is 4.77. The average molecular weight is 292 g/mol. The Morgan fingerprint density at radius 2 is 1.85 bits per heavy atom. The van der Waals surface area contributed by atoms with Crippen molar-refractivity contribution in [3.8, 4) is 5.75 Å². The molecular formula is C17H22ClNO. The zero-order valence-corrected chi connectivity index (χ0v) is 13.4. The van der Waals surface area contributed by atoms with Crippen LogP contribution in [-0.2, 0) is 13.0 Å². The molecule has 0 spiro atoms. The van der Waals surface area contributed by atoms with E-state index < -0.39 is 0 Å². The van der Waals surface area contributed by atoms with Crippen LogP contribution < -0.4 is 4.74 Å². The zero-order valence-electron chi connectivity index (χ0n) is 12.6. The highest BCUT2D eigenvalue weighted by Crippen LogP contribution is 2.24. The van der Waals surface area contributed by atoms with E-state index in [-0.39, 0.29) is 0 Å². The van der Waals surface area contributed by atoms with Gasteiger partial charge in [-0.15, -0.1) is 0 Å². The molecule has 0 bridgehead atoms. The van der Waals surface area contributed by atoms with Crippen LogP contribution in [0.2, 0.25) is 5.15 Å². The Labute approximate surface area is 126 Å². The van der Waals surface area contributed by atoms with Crippen molar-refractivity contribution >= 4 is 11.6 Å². The molecule has 0 saturated heterocycles. The van der Waals surface area contributed by atoms with E-state index in [1.807, 2.05) is 12.1 Å². The molecule has 0 atom stereocenters. The first-order chi connectivity index (χ1) is 9.51. The van der Waals surface area contributed by atoms with Crippen molar-refractivity contribution in [3.05, 3.63) is 52.3 Å². The van der Waals surface area contributed by atoms with Gasteiger partial charge in [-0.1, -0.05) is 37.6 Å². The highest BCUT2D eigenvalue weighted by atomic mass is 35.5. The lowest BCUT2D eigenvalue weighted by Gasteiger charge is -2.14. The minimum atomic E-state index is 0.578. The maximum Gasteiger partial charge on any atom is 0.118 e. The van der Waals surface area contributed by atoms with Crippen LogP contribution in [0.25, 0.3) is 0 Å². The fourth-order valence-electron chi connectivity index (χ4n) is 2.42. The number of nitrogens with zero attached hydrogens (tertiary/aromatic N) is 1. The average Bonchev–Trinajstić information content (AvgIpc) is 2.66. The molecule has 1 aromatic carbocycles. The van der Waals surface area contributed by atoms with Crippen molar-refractivity contribution in [1.29, 1.82) is 0 Å². The Morgan fingerprint density at radius 1 is 1.20 bits per heavy atom. The van der Waals surface area contributed by atoms with Crippen LogP contribution in [0.15, 0.2) is 30.3 Å². The summed E-state index contributed by atoms with van der Waals surface area (Å²) in [4.78, 5) is 0. The minimum absolute atomic E-state index is 0.578. The fourth-order valence-corrected chi connectivity index (χ4v) is 2.75. The van der Waals surface area contributed by atoms with Gasteiger partial charge in [-0.25, -0.2) is 0 Å². The Bertz CT molecular complexity index is 569. The summed E-state index contributed by atoms with van der Waals surface area (Å²) in [5, 5.41) is 0.833. The number of hydrogen-bond acceptors (Lipinski definition) is 1. The van der Waals surface area contributed by atoms with Gasteiger partial charge in [0.1, 0.15) is 10.9 Å². The molecule has 1 heterocycles. The van der Waals surface area contributed by atoms with E-state index in [0.717, 1.165) is 23.9 Å². The van der Waals surface area contributed by atoms with E-state index in [4.69, 9.17) is 16.3 Å². The SMILES string of the molecule is COc1ccc(Cc2c(C)cc(Cl)n2CC(C)C)cc1. The van der Waals surface area contributed by atoms with Gasteiger partial charge in [0.05, 0.1) is 7.11 Å². The Balaban J connectivity index is 2.27. The van der Waals surface area contributed by atoms with Crippen molar-refractivity contribution in [2.45, 2.75) is 33.7 Å². The number of benzene rings is 1. The van der Waals surface area contributed by atoms with E-state index in [1.165, 1.54) is 16.8 Å². The lowest BCUT2D eigenvalue weighted by atomic mass is 10.1. The van der Waals surface area contributed by atoms with Crippen LogP contribution in [0.3, 0.4) is 0 Å². The van der Waals surface area contributed by atoms with E-state index in [1.54, 1.807) is 7.11 Å². The quantitative estimate of drug-likeness (QED) is 0.778. The highest BCUT2D eigenvalue weighted by Gasteiger charge is 2.12. The molecule has 1 aromatic heterocycles. The molecule has 0 radical (unpaired) electrons. The van der Waals surface area contributed by atoms with Gasteiger partial charge in [0, 0.05) is 18.7 Å². The molecule has 20 heavy (non-hydrogen) atoms. The summed E-state index contributed by atoms with van der Waals surface area (Å²) in [6.45, 7) is 7.51. The number of rotatable bonds is 5. The highest BCUT2D eigenvalue weighted by molar-refractivity contribution is 6.29. The summed E-state index contributed by atoms with van der Waals surface area (Å²) in [5.41, 5.74) is 3.83. The third kappa shape index (κ3) is 3.37. The zero-order chi connectivity index (χ0) is 14.7. The van der Waals surface area contributed by atoms with Gasteiger partial charge in [-0.2, -0.15) is 0 Å². The van der Waals surface area contributed by atoms with Crippen molar-refractivity contribution in [2.75, 3.05) is 7.11 Å². The van der Waals surface area contributed by atoms with Crippen LogP contribution in [0.5, 0.6) is 5.75 Å². The second-order valence-electron chi connectivity index (χ2n) is 5.63. The number of aromatic nitrogens is 1. The van der Waals surface area contributed by atoms with E-state index in [0.29, 0.717) is 5.92 Å². The summed E-state index contributed by atoms with van der Waals surface area (Å²) < 4.78 is 7.43. The molecule has 0 N–H and O–H groups in total. The monoisotopic (exact) mass is 291 g/mol. The minimum Gasteiger partial charge on any atom is -0.497 e. The molecule has 0 aliphatic rings. The number of hydrogen-bond donors (Lipinski definition) is 0. The van der Waals surface area contributed by atoms with Gasteiger partial charge in [-0.3, -0.25) is 0 Å². The van der Waals surface area contributed by atoms with Crippen LogP contribution in [0, 0.1) is 12.8 Å². The molecule has 2 rings (SSSR count). The third-order valence-electron chi connectivity index (χ3n) is 3.45. The predicted molar refractivity (Wildman–Crippen MR) is 84.8 cm³/mol. The standard InChI is InChI=1S/C17H22ClNO/c1-12(2)11-19-16(13(3)9-17(19)18)10-14-5-7-15(20-4)8-6-14/h5-9,12H,10-11H2,1-4H3. The first-order valence-corrected chi connectivity index (χ1v) is 7.36. The second-order valence-corrected chi connectivity index (χ2v) is 6.01. The van der Waals surface area contributed by atoms with Gasteiger partial charge >= 0.3 is 0 Å². The molecule has 0 aliphatic carbocycles. The molecular weight excluding hydrogens is 270 g/mol.